The number of piperazine rings is 1. The first-order chi connectivity index (χ1) is 13.6. The van der Waals surface area contributed by atoms with Gasteiger partial charge < -0.3 is 20.4 Å². The number of hydrogen-bond acceptors (Lipinski definition) is 4. The van der Waals surface area contributed by atoms with Crippen LogP contribution >= 0.6 is 0 Å². The Labute approximate surface area is 168 Å². The molecular weight excluding hydrogens is 352 g/mol. The molecule has 0 bridgehead atoms. The van der Waals surface area contributed by atoms with Crippen LogP contribution in [0.15, 0.2) is 18.2 Å². The van der Waals surface area contributed by atoms with Crippen LogP contribution in [0.4, 0.5) is 11.4 Å². The van der Waals surface area contributed by atoms with Crippen LogP contribution in [0, 0.1) is 12.8 Å². The number of carbonyl (C=O) groups is 2. The lowest BCUT2D eigenvalue weighted by Crippen LogP contribution is -2.46. The number of aryl methyl sites for hydroxylation is 1. The summed E-state index contributed by atoms with van der Waals surface area (Å²) in [6.45, 7) is 9.61. The van der Waals surface area contributed by atoms with Crippen molar-refractivity contribution in [2.45, 2.75) is 46.0 Å². The third kappa shape index (κ3) is 5.47. The molecule has 0 aromatic heterocycles. The van der Waals surface area contributed by atoms with Crippen molar-refractivity contribution in [3.63, 3.8) is 0 Å². The minimum Gasteiger partial charge on any atom is -0.369 e. The molecule has 1 aliphatic carbocycles. The molecule has 2 fully saturated rings. The standard InChI is InChI=1S/C22H34N4O2/c1-3-25-11-13-26(14-12-25)19-9-10-20(17(2)15-19)24-21(27)16-23-22(28)18-7-5-4-6-8-18/h9-10,15,18H,3-8,11-14,16H2,1-2H3,(H,23,28)(H,24,27). The molecule has 6 heteroatoms. The van der Waals surface area contributed by atoms with Gasteiger partial charge in [0.2, 0.25) is 11.8 Å². The summed E-state index contributed by atoms with van der Waals surface area (Å²) in [6, 6.07) is 6.18. The van der Waals surface area contributed by atoms with E-state index in [9.17, 15) is 9.59 Å². The average Bonchev–Trinajstić information content (AvgIpc) is 2.74. The minimum absolute atomic E-state index is 0.0214. The van der Waals surface area contributed by atoms with Gasteiger partial charge in [-0.1, -0.05) is 26.2 Å². The van der Waals surface area contributed by atoms with E-state index in [-0.39, 0.29) is 24.3 Å². The van der Waals surface area contributed by atoms with Crippen molar-refractivity contribution in [3.05, 3.63) is 23.8 Å². The number of likely N-dealkylation sites (N-methyl/N-ethyl adjacent to an activating group) is 1. The number of amides is 2. The van der Waals surface area contributed by atoms with Gasteiger partial charge in [-0.2, -0.15) is 0 Å². The van der Waals surface area contributed by atoms with Gasteiger partial charge in [-0.25, -0.2) is 0 Å². The van der Waals surface area contributed by atoms with Crippen LogP contribution in [-0.4, -0.2) is 56.0 Å². The average molecular weight is 387 g/mol. The molecule has 1 saturated carbocycles. The van der Waals surface area contributed by atoms with Gasteiger partial charge in [-0.3, -0.25) is 9.59 Å². The van der Waals surface area contributed by atoms with Gasteiger partial charge >= 0.3 is 0 Å². The molecule has 3 rings (SSSR count). The fourth-order valence-corrected chi connectivity index (χ4v) is 4.18. The lowest BCUT2D eigenvalue weighted by molar-refractivity contribution is -0.128. The summed E-state index contributed by atoms with van der Waals surface area (Å²) in [5.74, 6) is -0.0690. The van der Waals surface area contributed by atoms with Crippen molar-refractivity contribution in [2.75, 3.05) is 49.5 Å². The van der Waals surface area contributed by atoms with Gasteiger partial charge in [-0.05, 0) is 50.1 Å². The van der Waals surface area contributed by atoms with Gasteiger partial charge in [0, 0.05) is 43.5 Å². The van der Waals surface area contributed by atoms with E-state index >= 15 is 0 Å². The number of carbonyl (C=O) groups excluding carboxylic acids is 2. The first kappa shape index (κ1) is 20.6. The molecule has 6 nitrogen and oxygen atoms in total. The molecule has 0 radical (unpaired) electrons. The van der Waals surface area contributed by atoms with Crippen LogP contribution in [0.3, 0.4) is 0 Å². The quantitative estimate of drug-likeness (QED) is 0.789. The van der Waals surface area contributed by atoms with E-state index in [1.165, 1.54) is 12.1 Å². The second kappa shape index (κ2) is 9.92. The van der Waals surface area contributed by atoms with Gasteiger partial charge in [0.25, 0.3) is 0 Å². The maximum absolute atomic E-state index is 12.3. The fraction of sp³-hybridized carbons (Fsp3) is 0.636. The molecular formula is C22H34N4O2. The summed E-state index contributed by atoms with van der Waals surface area (Å²) in [5, 5.41) is 5.74. The molecule has 2 N–H and O–H groups in total. The first-order valence-corrected chi connectivity index (χ1v) is 10.7. The molecule has 0 spiro atoms. The molecule has 2 aliphatic rings. The lowest BCUT2D eigenvalue weighted by Gasteiger charge is -2.35. The molecule has 1 heterocycles. The predicted octanol–water partition coefficient (Wildman–Crippen LogP) is 2.77. The zero-order chi connectivity index (χ0) is 19.9. The third-order valence-corrected chi connectivity index (χ3v) is 6.07. The summed E-state index contributed by atoms with van der Waals surface area (Å²) in [6.07, 6.45) is 5.33. The lowest BCUT2D eigenvalue weighted by atomic mass is 9.89. The topological polar surface area (TPSA) is 64.7 Å². The second-order valence-electron chi connectivity index (χ2n) is 8.02. The molecule has 1 aromatic rings. The zero-order valence-corrected chi connectivity index (χ0v) is 17.3. The molecule has 0 unspecified atom stereocenters. The molecule has 2 amide bonds. The van der Waals surface area contributed by atoms with Crippen LogP contribution in [-0.2, 0) is 9.59 Å². The summed E-state index contributed by atoms with van der Waals surface area (Å²) in [5.41, 5.74) is 3.06. The maximum atomic E-state index is 12.3. The number of benzene rings is 1. The van der Waals surface area contributed by atoms with Crippen molar-refractivity contribution < 1.29 is 9.59 Å². The van der Waals surface area contributed by atoms with E-state index in [0.717, 1.165) is 69.7 Å². The minimum atomic E-state index is -0.170. The Morgan fingerprint density at radius 3 is 2.43 bits per heavy atom. The van der Waals surface area contributed by atoms with Crippen LogP contribution in [0.5, 0.6) is 0 Å². The van der Waals surface area contributed by atoms with Gasteiger partial charge in [0.05, 0.1) is 6.54 Å². The van der Waals surface area contributed by atoms with Crippen molar-refractivity contribution in [3.8, 4) is 0 Å². The Morgan fingerprint density at radius 2 is 1.79 bits per heavy atom. The smallest absolute Gasteiger partial charge is 0.243 e. The Balaban J connectivity index is 1.48. The highest BCUT2D eigenvalue weighted by atomic mass is 16.2. The summed E-state index contributed by atoms with van der Waals surface area (Å²) >= 11 is 0. The highest BCUT2D eigenvalue weighted by Crippen LogP contribution is 2.24. The van der Waals surface area contributed by atoms with Gasteiger partial charge in [0.1, 0.15) is 0 Å². The van der Waals surface area contributed by atoms with Crippen LogP contribution < -0.4 is 15.5 Å². The third-order valence-electron chi connectivity index (χ3n) is 6.07. The molecule has 1 saturated heterocycles. The molecule has 154 valence electrons. The van der Waals surface area contributed by atoms with E-state index in [4.69, 9.17) is 0 Å². The zero-order valence-electron chi connectivity index (χ0n) is 17.3. The Kier molecular flexibility index (Phi) is 7.31. The maximum Gasteiger partial charge on any atom is 0.243 e. The molecule has 1 aromatic carbocycles. The first-order valence-electron chi connectivity index (χ1n) is 10.7. The summed E-state index contributed by atoms with van der Waals surface area (Å²) in [7, 11) is 0. The van der Waals surface area contributed by atoms with Crippen molar-refractivity contribution in [1.82, 2.24) is 10.2 Å². The number of hydrogen-bond donors (Lipinski definition) is 2. The largest absolute Gasteiger partial charge is 0.369 e. The van der Waals surface area contributed by atoms with E-state index in [2.05, 4.69) is 39.5 Å². The summed E-state index contributed by atoms with van der Waals surface area (Å²) < 4.78 is 0. The van der Waals surface area contributed by atoms with Gasteiger partial charge in [-0.15, -0.1) is 0 Å². The number of nitrogens with one attached hydrogen (secondary N) is 2. The number of anilines is 2. The number of rotatable bonds is 6. The highest BCUT2D eigenvalue weighted by molar-refractivity contribution is 5.95. The second-order valence-corrected chi connectivity index (χ2v) is 8.02. The van der Waals surface area contributed by atoms with Crippen molar-refractivity contribution in [1.29, 1.82) is 0 Å². The van der Waals surface area contributed by atoms with Crippen LogP contribution in [0.2, 0.25) is 0 Å². The Bertz CT molecular complexity index is 677. The van der Waals surface area contributed by atoms with Crippen molar-refractivity contribution in [2.24, 2.45) is 5.92 Å². The fourth-order valence-electron chi connectivity index (χ4n) is 4.18. The highest BCUT2D eigenvalue weighted by Gasteiger charge is 2.21. The summed E-state index contributed by atoms with van der Waals surface area (Å²) in [4.78, 5) is 29.3. The van der Waals surface area contributed by atoms with E-state index in [0.29, 0.717) is 0 Å². The normalized spacial score (nSPS) is 18.7. The Morgan fingerprint density at radius 1 is 1.07 bits per heavy atom. The van der Waals surface area contributed by atoms with Gasteiger partial charge in [0.15, 0.2) is 0 Å². The molecule has 0 atom stereocenters. The number of nitrogens with zero attached hydrogens (tertiary/aromatic N) is 2. The molecule has 28 heavy (non-hydrogen) atoms. The van der Waals surface area contributed by atoms with E-state index in [1.807, 2.05) is 13.0 Å². The Hall–Kier alpha value is -2.08. The molecule has 1 aliphatic heterocycles. The van der Waals surface area contributed by atoms with Crippen molar-refractivity contribution >= 4 is 23.2 Å². The van der Waals surface area contributed by atoms with Crippen LogP contribution in [0.1, 0.15) is 44.6 Å². The monoisotopic (exact) mass is 386 g/mol. The van der Waals surface area contributed by atoms with Crippen LogP contribution in [0.25, 0.3) is 0 Å². The van der Waals surface area contributed by atoms with E-state index < -0.39 is 0 Å². The predicted molar refractivity (Wildman–Crippen MR) is 114 cm³/mol. The SMILES string of the molecule is CCN1CCN(c2ccc(NC(=O)CNC(=O)C3CCCCC3)c(C)c2)CC1. The van der Waals surface area contributed by atoms with E-state index in [1.54, 1.807) is 0 Å².